The number of nitrogens with one attached hydrogen (secondary N) is 1. The molecule has 3 aromatic rings. The number of aryl methyl sites for hydroxylation is 1. The molecule has 0 amide bonds. The van der Waals surface area contributed by atoms with Crippen LogP contribution in [0, 0.1) is 0 Å². The van der Waals surface area contributed by atoms with Crippen LogP contribution < -0.4 is 9.29 Å². The molecule has 5 heteroatoms. The van der Waals surface area contributed by atoms with Crippen molar-refractivity contribution in [2.24, 2.45) is 0 Å². The number of hydrogen-bond donors (Lipinski definition) is 1. The van der Waals surface area contributed by atoms with Crippen molar-refractivity contribution in [2.75, 3.05) is 6.54 Å². The molecule has 0 saturated heterocycles. The molecule has 0 unspecified atom stereocenters. The van der Waals surface area contributed by atoms with Crippen molar-refractivity contribution >= 4 is 10.0 Å². The summed E-state index contributed by atoms with van der Waals surface area (Å²) in [6.07, 6.45) is 4.67. The second-order valence-electron chi connectivity index (χ2n) is 5.76. The van der Waals surface area contributed by atoms with Gasteiger partial charge in [0.15, 0.2) is 12.4 Å². The first-order valence-corrected chi connectivity index (χ1v) is 9.73. The molecule has 0 bridgehead atoms. The first kappa shape index (κ1) is 17.3. The van der Waals surface area contributed by atoms with Crippen LogP contribution in [0.1, 0.15) is 6.42 Å². The van der Waals surface area contributed by atoms with Gasteiger partial charge in [0, 0.05) is 25.1 Å². The number of nitrogens with zero attached hydrogens (tertiary/aromatic N) is 1. The van der Waals surface area contributed by atoms with Crippen molar-refractivity contribution in [1.82, 2.24) is 4.72 Å². The maximum Gasteiger partial charge on any atom is 0.240 e. The Hall–Kier alpha value is -2.50. The summed E-state index contributed by atoms with van der Waals surface area (Å²) in [4.78, 5) is 0.291. The van der Waals surface area contributed by atoms with E-state index in [0.717, 1.165) is 24.1 Å². The van der Waals surface area contributed by atoms with Crippen molar-refractivity contribution in [3.05, 3.63) is 85.2 Å². The van der Waals surface area contributed by atoms with Gasteiger partial charge in [0.1, 0.15) is 6.54 Å². The smallest absolute Gasteiger partial charge is 0.211 e. The van der Waals surface area contributed by atoms with Gasteiger partial charge in [-0.3, -0.25) is 0 Å². The largest absolute Gasteiger partial charge is 0.240 e. The number of hydrogen-bond acceptors (Lipinski definition) is 2. The van der Waals surface area contributed by atoms with Gasteiger partial charge in [-0.15, -0.1) is 0 Å². The van der Waals surface area contributed by atoms with Crippen LogP contribution in [0.3, 0.4) is 0 Å². The Bertz CT molecular complexity index is 893. The fourth-order valence-corrected chi connectivity index (χ4v) is 3.67. The number of aromatic nitrogens is 1. The Morgan fingerprint density at radius 3 is 2.04 bits per heavy atom. The maximum absolute atomic E-state index is 12.4. The Morgan fingerprint density at radius 2 is 1.36 bits per heavy atom. The highest BCUT2D eigenvalue weighted by molar-refractivity contribution is 7.89. The van der Waals surface area contributed by atoms with Crippen LogP contribution in [0.5, 0.6) is 0 Å². The van der Waals surface area contributed by atoms with Crippen LogP contribution in [0.4, 0.5) is 0 Å². The summed E-state index contributed by atoms with van der Waals surface area (Å²) in [5.41, 5.74) is 2.07. The lowest BCUT2D eigenvalue weighted by Gasteiger charge is -2.07. The third kappa shape index (κ3) is 4.75. The standard InChI is InChI=1S/C20H21N2O2S/c23-25(24,21-14-7-17-22-15-5-2-6-16-22)20-12-10-19(11-13-20)18-8-3-1-4-9-18/h1-6,8-13,15-16,21H,7,14,17H2/q+1. The molecule has 4 nitrogen and oxygen atoms in total. The van der Waals surface area contributed by atoms with Gasteiger partial charge in [-0.1, -0.05) is 48.5 Å². The summed E-state index contributed by atoms with van der Waals surface area (Å²) < 4.78 is 29.4. The topological polar surface area (TPSA) is 50.1 Å². The van der Waals surface area contributed by atoms with Gasteiger partial charge in [-0.25, -0.2) is 17.7 Å². The van der Waals surface area contributed by atoms with E-state index < -0.39 is 10.0 Å². The Balaban J connectivity index is 1.58. The van der Waals surface area contributed by atoms with Gasteiger partial charge in [-0.05, 0) is 23.3 Å². The van der Waals surface area contributed by atoms with Gasteiger partial charge in [0.05, 0.1) is 4.90 Å². The zero-order valence-corrected chi connectivity index (χ0v) is 14.7. The van der Waals surface area contributed by atoms with E-state index in [0.29, 0.717) is 11.4 Å². The van der Waals surface area contributed by atoms with E-state index in [9.17, 15) is 8.42 Å². The van der Waals surface area contributed by atoms with Crippen LogP contribution in [0.25, 0.3) is 11.1 Å². The lowest BCUT2D eigenvalue weighted by atomic mass is 10.1. The summed E-state index contributed by atoms with van der Waals surface area (Å²) in [6, 6.07) is 22.7. The second-order valence-corrected chi connectivity index (χ2v) is 7.52. The predicted octanol–water partition coefficient (Wildman–Crippen LogP) is 3.01. The first-order chi connectivity index (χ1) is 12.1. The van der Waals surface area contributed by atoms with E-state index in [2.05, 4.69) is 4.72 Å². The number of pyridine rings is 1. The molecule has 1 heterocycles. The molecular weight excluding hydrogens is 332 g/mol. The van der Waals surface area contributed by atoms with Crippen LogP contribution in [0.2, 0.25) is 0 Å². The monoisotopic (exact) mass is 353 g/mol. The predicted molar refractivity (Wildman–Crippen MR) is 98.3 cm³/mol. The zero-order valence-electron chi connectivity index (χ0n) is 13.9. The summed E-state index contributed by atoms with van der Waals surface area (Å²) in [7, 11) is -3.47. The molecule has 3 rings (SSSR count). The Morgan fingerprint density at radius 1 is 0.760 bits per heavy atom. The third-order valence-electron chi connectivity index (χ3n) is 3.93. The average molecular weight is 353 g/mol. The summed E-state index contributed by atoms with van der Waals surface area (Å²) >= 11 is 0. The normalized spacial score (nSPS) is 11.4. The number of sulfonamides is 1. The Labute approximate surface area is 148 Å². The fraction of sp³-hybridized carbons (Fsp3) is 0.150. The SMILES string of the molecule is O=S(=O)(NCCC[n+]1ccccc1)c1ccc(-c2ccccc2)cc1. The second kappa shape index (κ2) is 8.05. The molecule has 25 heavy (non-hydrogen) atoms. The quantitative estimate of drug-likeness (QED) is 0.524. The van der Waals surface area contributed by atoms with Gasteiger partial charge in [-0.2, -0.15) is 0 Å². The molecule has 0 aliphatic heterocycles. The van der Waals surface area contributed by atoms with E-state index in [1.54, 1.807) is 12.1 Å². The summed E-state index contributed by atoms with van der Waals surface area (Å²) in [6.45, 7) is 1.18. The molecule has 0 radical (unpaired) electrons. The zero-order chi connectivity index (χ0) is 17.5. The van der Waals surface area contributed by atoms with Gasteiger partial charge >= 0.3 is 0 Å². The highest BCUT2D eigenvalue weighted by Crippen LogP contribution is 2.20. The van der Waals surface area contributed by atoms with Gasteiger partial charge in [0.25, 0.3) is 0 Å². The molecule has 0 saturated carbocycles. The van der Waals surface area contributed by atoms with Crippen LogP contribution in [-0.2, 0) is 16.6 Å². The first-order valence-electron chi connectivity index (χ1n) is 8.24. The van der Waals surface area contributed by atoms with E-state index in [1.165, 1.54) is 0 Å². The van der Waals surface area contributed by atoms with Crippen LogP contribution >= 0.6 is 0 Å². The molecule has 1 aromatic heterocycles. The van der Waals surface area contributed by atoms with E-state index in [-0.39, 0.29) is 0 Å². The molecular formula is C20H21N2O2S+. The number of benzene rings is 2. The van der Waals surface area contributed by atoms with E-state index in [1.807, 2.05) is 77.6 Å². The van der Waals surface area contributed by atoms with Crippen LogP contribution in [0.15, 0.2) is 90.1 Å². The van der Waals surface area contributed by atoms with E-state index in [4.69, 9.17) is 0 Å². The summed E-state index contributed by atoms with van der Waals surface area (Å²) in [5.74, 6) is 0. The number of rotatable bonds is 7. The van der Waals surface area contributed by atoms with Crippen molar-refractivity contribution in [3.8, 4) is 11.1 Å². The molecule has 128 valence electrons. The average Bonchev–Trinajstić information content (AvgIpc) is 2.67. The fourth-order valence-electron chi connectivity index (χ4n) is 2.59. The molecule has 2 aromatic carbocycles. The highest BCUT2D eigenvalue weighted by Gasteiger charge is 2.13. The molecule has 1 N–H and O–H groups in total. The minimum atomic E-state index is -3.47. The molecule has 0 fully saturated rings. The minimum absolute atomic E-state index is 0.291. The van der Waals surface area contributed by atoms with Crippen molar-refractivity contribution < 1.29 is 13.0 Å². The Kier molecular flexibility index (Phi) is 5.58. The molecule has 0 atom stereocenters. The van der Waals surface area contributed by atoms with Gasteiger partial charge in [0.2, 0.25) is 10.0 Å². The maximum atomic E-state index is 12.4. The van der Waals surface area contributed by atoms with Crippen molar-refractivity contribution in [3.63, 3.8) is 0 Å². The lowest BCUT2D eigenvalue weighted by Crippen LogP contribution is -2.35. The van der Waals surface area contributed by atoms with Crippen LogP contribution in [-0.4, -0.2) is 15.0 Å². The molecule has 0 aliphatic carbocycles. The third-order valence-corrected chi connectivity index (χ3v) is 5.41. The summed E-state index contributed by atoms with van der Waals surface area (Å²) in [5, 5.41) is 0. The highest BCUT2D eigenvalue weighted by atomic mass is 32.2. The molecule has 0 spiro atoms. The van der Waals surface area contributed by atoms with E-state index >= 15 is 0 Å². The minimum Gasteiger partial charge on any atom is -0.211 e. The van der Waals surface area contributed by atoms with Crippen molar-refractivity contribution in [2.45, 2.75) is 17.9 Å². The van der Waals surface area contributed by atoms with Gasteiger partial charge < -0.3 is 0 Å². The van der Waals surface area contributed by atoms with Crippen molar-refractivity contribution in [1.29, 1.82) is 0 Å². The molecule has 0 aliphatic rings. The lowest BCUT2D eigenvalue weighted by molar-refractivity contribution is -0.697.